The SMILES string of the molecule is O=CO[C@@H]1C[C@H]2CC[C@@H]1C2. The van der Waals surface area contributed by atoms with Gasteiger partial charge >= 0.3 is 0 Å². The van der Waals surface area contributed by atoms with Crippen molar-refractivity contribution in [3.8, 4) is 0 Å². The Bertz CT molecular complexity index is 144. The molecule has 0 N–H and O–H groups in total. The Morgan fingerprint density at radius 3 is 2.70 bits per heavy atom. The van der Waals surface area contributed by atoms with Crippen LogP contribution in [0.2, 0.25) is 0 Å². The van der Waals surface area contributed by atoms with Gasteiger partial charge in [-0.3, -0.25) is 4.79 Å². The molecule has 2 heteroatoms. The van der Waals surface area contributed by atoms with Gasteiger partial charge in [-0.2, -0.15) is 0 Å². The molecule has 3 atom stereocenters. The molecule has 0 aromatic rings. The molecule has 0 aliphatic heterocycles. The first-order chi connectivity index (χ1) is 4.90. The van der Waals surface area contributed by atoms with E-state index < -0.39 is 0 Å². The minimum atomic E-state index is 0.274. The van der Waals surface area contributed by atoms with E-state index in [0.717, 1.165) is 12.3 Å². The normalized spacial score (nSPS) is 43.8. The molecule has 2 bridgehead atoms. The lowest BCUT2D eigenvalue weighted by Gasteiger charge is -2.18. The number of carbonyl (C=O) groups is 1. The molecule has 2 aliphatic carbocycles. The molecule has 10 heavy (non-hydrogen) atoms. The van der Waals surface area contributed by atoms with E-state index in [0.29, 0.717) is 12.4 Å². The van der Waals surface area contributed by atoms with Crippen LogP contribution in [0.4, 0.5) is 0 Å². The van der Waals surface area contributed by atoms with Gasteiger partial charge in [0.1, 0.15) is 6.10 Å². The van der Waals surface area contributed by atoms with Crippen LogP contribution < -0.4 is 0 Å². The van der Waals surface area contributed by atoms with Crippen LogP contribution in [0, 0.1) is 11.8 Å². The van der Waals surface area contributed by atoms with Crippen molar-refractivity contribution in [2.24, 2.45) is 11.8 Å². The summed E-state index contributed by atoms with van der Waals surface area (Å²) in [5, 5.41) is 0. The molecule has 0 aromatic carbocycles. The standard InChI is InChI=1S/C8H12O2/c9-5-10-8-4-6-1-2-7(8)3-6/h5-8H,1-4H2/t6-,7+,8+/m0/s1. The van der Waals surface area contributed by atoms with E-state index >= 15 is 0 Å². The molecule has 2 saturated carbocycles. The van der Waals surface area contributed by atoms with Gasteiger partial charge in [-0.25, -0.2) is 0 Å². The predicted molar refractivity (Wildman–Crippen MR) is 36.4 cm³/mol. The molecule has 0 heterocycles. The fourth-order valence-corrected chi connectivity index (χ4v) is 2.42. The first kappa shape index (κ1) is 6.20. The van der Waals surface area contributed by atoms with Crippen molar-refractivity contribution in [2.45, 2.75) is 31.8 Å². The van der Waals surface area contributed by atoms with E-state index in [-0.39, 0.29) is 6.10 Å². The summed E-state index contributed by atoms with van der Waals surface area (Å²) in [6.45, 7) is 0.603. The van der Waals surface area contributed by atoms with Crippen molar-refractivity contribution in [3.05, 3.63) is 0 Å². The van der Waals surface area contributed by atoms with Crippen LogP contribution in [-0.4, -0.2) is 12.6 Å². The average Bonchev–Trinajstić information content (AvgIpc) is 2.48. The van der Waals surface area contributed by atoms with Crippen molar-refractivity contribution in [2.75, 3.05) is 0 Å². The molecule has 2 fully saturated rings. The lowest BCUT2D eigenvalue weighted by Crippen LogP contribution is -2.19. The lowest BCUT2D eigenvalue weighted by molar-refractivity contribution is -0.135. The van der Waals surface area contributed by atoms with Crippen LogP contribution in [0.15, 0.2) is 0 Å². The van der Waals surface area contributed by atoms with Gasteiger partial charge in [0.15, 0.2) is 0 Å². The Labute approximate surface area is 60.6 Å². The maximum absolute atomic E-state index is 10.0. The summed E-state index contributed by atoms with van der Waals surface area (Å²) in [4.78, 5) is 10.0. The van der Waals surface area contributed by atoms with Gasteiger partial charge in [-0.15, -0.1) is 0 Å². The van der Waals surface area contributed by atoms with E-state index in [1.807, 2.05) is 0 Å². The maximum Gasteiger partial charge on any atom is 0.293 e. The number of fused-ring (bicyclic) bond motifs is 2. The molecule has 0 amide bonds. The van der Waals surface area contributed by atoms with Crippen molar-refractivity contribution < 1.29 is 9.53 Å². The largest absolute Gasteiger partial charge is 0.464 e. The molecule has 0 unspecified atom stereocenters. The lowest BCUT2D eigenvalue weighted by atomic mass is 9.98. The minimum Gasteiger partial charge on any atom is -0.464 e. The van der Waals surface area contributed by atoms with Gasteiger partial charge in [-0.1, -0.05) is 0 Å². The summed E-state index contributed by atoms with van der Waals surface area (Å²) in [5.41, 5.74) is 0. The third kappa shape index (κ3) is 0.825. The molecular weight excluding hydrogens is 128 g/mol. The van der Waals surface area contributed by atoms with Crippen molar-refractivity contribution >= 4 is 6.47 Å². The van der Waals surface area contributed by atoms with Gasteiger partial charge in [-0.05, 0) is 37.5 Å². The molecule has 2 nitrogen and oxygen atoms in total. The highest BCUT2D eigenvalue weighted by Gasteiger charge is 2.40. The molecule has 2 rings (SSSR count). The quantitative estimate of drug-likeness (QED) is 0.541. The highest BCUT2D eigenvalue weighted by atomic mass is 16.5. The second kappa shape index (κ2) is 2.26. The molecule has 56 valence electrons. The van der Waals surface area contributed by atoms with E-state index in [2.05, 4.69) is 0 Å². The van der Waals surface area contributed by atoms with Crippen LogP contribution in [0.25, 0.3) is 0 Å². The number of hydrogen-bond acceptors (Lipinski definition) is 2. The molecule has 0 radical (unpaired) electrons. The van der Waals surface area contributed by atoms with Crippen LogP contribution in [0.5, 0.6) is 0 Å². The Balaban J connectivity index is 1.95. The van der Waals surface area contributed by atoms with E-state index in [9.17, 15) is 4.79 Å². The minimum absolute atomic E-state index is 0.274. The summed E-state index contributed by atoms with van der Waals surface area (Å²) >= 11 is 0. The number of carbonyl (C=O) groups excluding carboxylic acids is 1. The number of ether oxygens (including phenoxy) is 1. The predicted octanol–water partition coefficient (Wildman–Crippen LogP) is 1.35. The third-order valence-corrected chi connectivity index (χ3v) is 2.90. The molecular formula is C8H12O2. The Kier molecular flexibility index (Phi) is 1.40. The Morgan fingerprint density at radius 2 is 2.20 bits per heavy atom. The Hall–Kier alpha value is -0.530. The van der Waals surface area contributed by atoms with Crippen LogP contribution in [0.1, 0.15) is 25.7 Å². The molecule has 0 spiro atoms. The van der Waals surface area contributed by atoms with Gasteiger partial charge < -0.3 is 4.74 Å². The molecule has 0 saturated heterocycles. The van der Waals surface area contributed by atoms with Gasteiger partial charge in [0.05, 0.1) is 0 Å². The van der Waals surface area contributed by atoms with E-state index in [1.54, 1.807) is 0 Å². The van der Waals surface area contributed by atoms with E-state index in [4.69, 9.17) is 4.74 Å². The summed E-state index contributed by atoms with van der Waals surface area (Å²) in [6.07, 6.45) is 5.35. The zero-order chi connectivity index (χ0) is 6.97. The van der Waals surface area contributed by atoms with Gasteiger partial charge in [0, 0.05) is 0 Å². The van der Waals surface area contributed by atoms with Crippen LogP contribution in [-0.2, 0) is 9.53 Å². The summed E-state index contributed by atoms with van der Waals surface area (Å²) in [6, 6.07) is 0. The van der Waals surface area contributed by atoms with Crippen molar-refractivity contribution in [3.63, 3.8) is 0 Å². The topological polar surface area (TPSA) is 26.3 Å². The summed E-state index contributed by atoms with van der Waals surface area (Å²) in [7, 11) is 0. The number of hydrogen-bond donors (Lipinski definition) is 0. The van der Waals surface area contributed by atoms with Gasteiger partial charge in [0.2, 0.25) is 0 Å². The van der Waals surface area contributed by atoms with Gasteiger partial charge in [0.25, 0.3) is 6.47 Å². The van der Waals surface area contributed by atoms with E-state index in [1.165, 1.54) is 19.3 Å². The fraction of sp³-hybridized carbons (Fsp3) is 0.875. The zero-order valence-corrected chi connectivity index (χ0v) is 5.95. The maximum atomic E-state index is 10.0. The first-order valence-electron chi connectivity index (χ1n) is 3.99. The molecule has 2 aliphatic rings. The monoisotopic (exact) mass is 140 g/mol. The highest BCUT2D eigenvalue weighted by molar-refractivity contribution is 5.37. The fourth-order valence-electron chi connectivity index (χ4n) is 2.42. The smallest absolute Gasteiger partial charge is 0.293 e. The van der Waals surface area contributed by atoms with Crippen LogP contribution in [0.3, 0.4) is 0 Å². The highest BCUT2D eigenvalue weighted by Crippen LogP contribution is 2.45. The average molecular weight is 140 g/mol. The molecule has 0 aromatic heterocycles. The summed E-state index contributed by atoms with van der Waals surface area (Å²) in [5.74, 6) is 1.57. The van der Waals surface area contributed by atoms with Crippen molar-refractivity contribution in [1.29, 1.82) is 0 Å². The number of rotatable bonds is 2. The third-order valence-electron chi connectivity index (χ3n) is 2.90. The Morgan fingerprint density at radius 1 is 1.30 bits per heavy atom. The first-order valence-corrected chi connectivity index (χ1v) is 3.99. The zero-order valence-electron chi connectivity index (χ0n) is 5.95. The van der Waals surface area contributed by atoms with Crippen molar-refractivity contribution in [1.82, 2.24) is 0 Å². The second-order valence-corrected chi connectivity index (χ2v) is 3.45. The summed E-state index contributed by atoms with van der Waals surface area (Å²) < 4.78 is 4.96. The van der Waals surface area contributed by atoms with Crippen LogP contribution >= 0.6 is 0 Å². The second-order valence-electron chi connectivity index (χ2n) is 3.45.